The number of carbonyl (C=O) groups is 2. The molecule has 0 amide bonds. The van der Waals surface area contributed by atoms with Gasteiger partial charge in [-0.25, -0.2) is 12.8 Å². The van der Waals surface area contributed by atoms with E-state index in [1.807, 2.05) is 4.72 Å². The van der Waals surface area contributed by atoms with Crippen molar-refractivity contribution in [2.24, 2.45) is 0 Å². The molecule has 128 valence electrons. The summed E-state index contributed by atoms with van der Waals surface area (Å²) in [7, 11) is -3.98. The van der Waals surface area contributed by atoms with E-state index in [0.717, 1.165) is 35.6 Å². The van der Waals surface area contributed by atoms with Gasteiger partial charge in [-0.2, -0.15) is 4.72 Å². The standard InChI is InChI=1S/C14H11ClFNO5S2/c15-13-6-5-12(23-13)11(18)8-22-14(19)7-17-24(20,21)10-3-1-9(16)2-4-10/h1-6,17H,7-8H2. The van der Waals surface area contributed by atoms with Crippen molar-refractivity contribution < 1.29 is 27.1 Å². The monoisotopic (exact) mass is 391 g/mol. The molecule has 2 rings (SSSR count). The maximum absolute atomic E-state index is 12.8. The molecule has 0 aliphatic heterocycles. The second kappa shape index (κ2) is 7.84. The average Bonchev–Trinajstić information content (AvgIpc) is 2.98. The highest BCUT2D eigenvalue weighted by Crippen LogP contribution is 2.21. The summed E-state index contributed by atoms with van der Waals surface area (Å²) in [4.78, 5) is 23.4. The third kappa shape index (κ3) is 5.10. The summed E-state index contributed by atoms with van der Waals surface area (Å²) in [5.41, 5.74) is 0. The van der Waals surface area contributed by atoms with E-state index < -0.39 is 40.7 Å². The molecule has 0 aliphatic rings. The summed E-state index contributed by atoms with van der Waals surface area (Å²) >= 11 is 6.74. The van der Waals surface area contributed by atoms with Crippen LogP contribution in [0.15, 0.2) is 41.3 Å². The molecule has 0 unspecified atom stereocenters. The van der Waals surface area contributed by atoms with Gasteiger partial charge < -0.3 is 4.74 Å². The Hall–Kier alpha value is -1.81. The first-order chi connectivity index (χ1) is 11.3. The van der Waals surface area contributed by atoms with E-state index in [4.69, 9.17) is 16.3 Å². The van der Waals surface area contributed by atoms with E-state index in [9.17, 15) is 22.4 Å². The van der Waals surface area contributed by atoms with E-state index in [0.29, 0.717) is 9.21 Å². The molecule has 2 aromatic rings. The lowest BCUT2D eigenvalue weighted by Gasteiger charge is -2.07. The third-order valence-corrected chi connectivity index (χ3v) is 5.43. The van der Waals surface area contributed by atoms with Crippen LogP contribution in [-0.4, -0.2) is 33.3 Å². The van der Waals surface area contributed by atoms with Gasteiger partial charge in [-0.15, -0.1) is 11.3 Å². The predicted octanol–water partition coefficient (Wildman–Crippen LogP) is 2.25. The zero-order valence-corrected chi connectivity index (χ0v) is 14.4. The first kappa shape index (κ1) is 18.5. The van der Waals surface area contributed by atoms with Crippen molar-refractivity contribution in [3.05, 3.63) is 51.4 Å². The maximum Gasteiger partial charge on any atom is 0.321 e. The molecule has 0 atom stereocenters. The molecule has 0 spiro atoms. The lowest BCUT2D eigenvalue weighted by atomic mass is 10.3. The molecule has 24 heavy (non-hydrogen) atoms. The number of nitrogens with one attached hydrogen (secondary N) is 1. The van der Waals surface area contributed by atoms with Gasteiger partial charge in [0.2, 0.25) is 15.8 Å². The summed E-state index contributed by atoms with van der Waals surface area (Å²) in [6.07, 6.45) is 0. The van der Waals surface area contributed by atoms with Crippen LogP contribution in [0.3, 0.4) is 0 Å². The van der Waals surface area contributed by atoms with Gasteiger partial charge in [0.25, 0.3) is 0 Å². The Morgan fingerprint density at radius 2 is 1.83 bits per heavy atom. The van der Waals surface area contributed by atoms with Crippen LogP contribution >= 0.6 is 22.9 Å². The molecule has 10 heteroatoms. The number of carbonyl (C=O) groups excluding carboxylic acids is 2. The summed E-state index contributed by atoms with van der Waals surface area (Å²) in [6.45, 7) is -1.17. The third-order valence-electron chi connectivity index (χ3n) is 2.74. The number of halogens is 2. The fourth-order valence-corrected chi connectivity index (χ4v) is 3.52. The van der Waals surface area contributed by atoms with Crippen LogP contribution in [0.2, 0.25) is 4.34 Å². The van der Waals surface area contributed by atoms with Crippen molar-refractivity contribution in [2.45, 2.75) is 4.90 Å². The van der Waals surface area contributed by atoms with Crippen LogP contribution in [0.5, 0.6) is 0 Å². The molecule has 1 N–H and O–H groups in total. The van der Waals surface area contributed by atoms with Crippen LogP contribution in [0.25, 0.3) is 0 Å². The molecular formula is C14H11ClFNO5S2. The van der Waals surface area contributed by atoms with Gasteiger partial charge in [0.05, 0.1) is 14.1 Å². The molecule has 0 fully saturated rings. The first-order valence-electron chi connectivity index (χ1n) is 6.47. The SMILES string of the molecule is O=C(CNS(=O)(=O)c1ccc(F)cc1)OCC(=O)c1ccc(Cl)s1. The number of rotatable bonds is 7. The lowest BCUT2D eigenvalue weighted by Crippen LogP contribution is -2.31. The number of hydrogen-bond donors (Lipinski definition) is 1. The van der Waals surface area contributed by atoms with E-state index in [1.165, 1.54) is 12.1 Å². The predicted molar refractivity (Wildman–Crippen MR) is 86.2 cm³/mol. The number of esters is 1. The molecule has 0 aliphatic carbocycles. The van der Waals surface area contributed by atoms with Gasteiger partial charge in [0.1, 0.15) is 12.4 Å². The summed E-state index contributed by atoms with van der Waals surface area (Å²) in [5, 5.41) is 0. The highest BCUT2D eigenvalue weighted by atomic mass is 35.5. The number of ether oxygens (including phenoxy) is 1. The Balaban J connectivity index is 1.84. The fraction of sp³-hybridized carbons (Fsp3) is 0.143. The smallest absolute Gasteiger partial charge is 0.321 e. The van der Waals surface area contributed by atoms with Crippen molar-refractivity contribution in [3.63, 3.8) is 0 Å². The second-order valence-corrected chi connectivity index (χ2v) is 7.95. The van der Waals surface area contributed by atoms with Crippen LogP contribution in [0, 0.1) is 5.82 Å². The lowest BCUT2D eigenvalue weighted by molar-refractivity contribution is -0.141. The summed E-state index contributed by atoms with van der Waals surface area (Å²) in [5.74, 6) is -1.95. The Labute approximate surface area is 146 Å². The van der Waals surface area contributed by atoms with E-state index >= 15 is 0 Å². The first-order valence-corrected chi connectivity index (χ1v) is 9.15. The normalized spacial score (nSPS) is 11.2. The van der Waals surface area contributed by atoms with Crippen molar-refractivity contribution >= 4 is 44.7 Å². The van der Waals surface area contributed by atoms with Crippen LogP contribution in [0.4, 0.5) is 4.39 Å². The molecule has 0 saturated heterocycles. The highest BCUT2D eigenvalue weighted by Gasteiger charge is 2.17. The number of ketones is 1. The van der Waals surface area contributed by atoms with Crippen LogP contribution in [0.1, 0.15) is 9.67 Å². The maximum atomic E-state index is 12.8. The minimum absolute atomic E-state index is 0.194. The number of thiophene rings is 1. The average molecular weight is 392 g/mol. The van der Waals surface area contributed by atoms with Gasteiger partial charge in [-0.05, 0) is 36.4 Å². The van der Waals surface area contributed by atoms with Crippen LogP contribution in [-0.2, 0) is 19.6 Å². The number of Topliss-reactive ketones (excluding diaryl/α,β-unsaturated/α-hetero) is 1. The van der Waals surface area contributed by atoms with Gasteiger partial charge in [-0.1, -0.05) is 11.6 Å². The summed E-state index contributed by atoms with van der Waals surface area (Å²) < 4.78 is 43.7. The van der Waals surface area contributed by atoms with Crippen molar-refractivity contribution in [3.8, 4) is 0 Å². The van der Waals surface area contributed by atoms with Crippen molar-refractivity contribution in [1.29, 1.82) is 0 Å². The zero-order chi connectivity index (χ0) is 17.7. The number of sulfonamides is 1. The summed E-state index contributed by atoms with van der Waals surface area (Å²) in [6, 6.07) is 7.13. The van der Waals surface area contributed by atoms with Crippen molar-refractivity contribution in [2.75, 3.05) is 13.2 Å². The molecule has 0 bridgehead atoms. The van der Waals surface area contributed by atoms with Crippen LogP contribution < -0.4 is 4.72 Å². The van der Waals surface area contributed by atoms with E-state index in [2.05, 4.69) is 0 Å². The molecule has 1 aromatic carbocycles. The Morgan fingerprint density at radius 3 is 2.42 bits per heavy atom. The number of benzene rings is 1. The zero-order valence-electron chi connectivity index (χ0n) is 12.0. The Morgan fingerprint density at radius 1 is 1.17 bits per heavy atom. The Kier molecular flexibility index (Phi) is 6.05. The molecule has 0 saturated carbocycles. The molecule has 1 aromatic heterocycles. The van der Waals surface area contributed by atoms with Gasteiger partial charge >= 0.3 is 5.97 Å². The molecule has 6 nitrogen and oxygen atoms in total. The molecule has 0 radical (unpaired) electrons. The minimum Gasteiger partial charge on any atom is -0.456 e. The second-order valence-electron chi connectivity index (χ2n) is 4.47. The quantitative estimate of drug-likeness (QED) is 0.577. The van der Waals surface area contributed by atoms with Gasteiger partial charge in [0, 0.05) is 0 Å². The molecular weight excluding hydrogens is 381 g/mol. The molecule has 1 heterocycles. The van der Waals surface area contributed by atoms with Gasteiger partial charge in [0.15, 0.2) is 6.61 Å². The van der Waals surface area contributed by atoms with E-state index in [1.54, 1.807) is 0 Å². The minimum atomic E-state index is -3.98. The highest BCUT2D eigenvalue weighted by molar-refractivity contribution is 7.89. The van der Waals surface area contributed by atoms with Crippen molar-refractivity contribution in [1.82, 2.24) is 4.72 Å². The van der Waals surface area contributed by atoms with Gasteiger partial charge in [-0.3, -0.25) is 9.59 Å². The largest absolute Gasteiger partial charge is 0.456 e. The van der Waals surface area contributed by atoms with E-state index in [-0.39, 0.29) is 4.90 Å². The topological polar surface area (TPSA) is 89.5 Å². The Bertz CT molecular complexity index is 848. The number of hydrogen-bond acceptors (Lipinski definition) is 6. The fourth-order valence-electron chi connectivity index (χ4n) is 1.58.